The maximum atomic E-state index is 10.9. The lowest BCUT2D eigenvalue weighted by atomic mass is 9.89. The zero-order valence-electron chi connectivity index (χ0n) is 8.96. The fourth-order valence-corrected chi connectivity index (χ4v) is 2.07. The molecule has 1 unspecified atom stereocenters. The number of hydrogen-bond acceptors (Lipinski definition) is 1. The Morgan fingerprint density at radius 2 is 2.36 bits per heavy atom. The van der Waals surface area contributed by atoms with Crippen LogP contribution in [0.1, 0.15) is 51.9 Å². The molecule has 0 saturated heterocycles. The molecule has 0 aromatic carbocycles. The van der Waals surface area contributed by atoms with E-state index >= 15 is 0 Å². The molecule has 0 aromatic heterocycles. The van der Waals surface area contributed by atoms with Gasteiger partial charge in [-0.2, -0.15) is 0 Å². The van der Waals surface area contributed by atoms with Crippen LogP contribution >= 0.6 is 0 Å². The molecule has 0 saturated carbocycles. The molecule has 2 heteroatoms. The summed E-state index contributed by atoms with van der Waals surface area (Å²) in [4.78, 5) is 10.9. The molecule has 0 radical (unpaired) electrons. The molecule has 1 atom stereocenters. The maximum Gasteiger partial charge on any atom is 0.306 e. The Balaban J connectivity index is 2.45. The highest BCUT2D eigenvalue weighted by Crippen LogP contribution is 2.25. The average molecular weight is 196 g/mol. The molecule has 0 aliphatic heterocycles. The van der Waals surface area contributed by atoms with Crippen LogP contribution in [0.4, 0.5) is 0 Å². The fraction of sp³-hybridized carbons (Fsp3) is 0.750. The van der Waals surface area contributed by atoms with Crippen LogP contribution < -0.4 is 0 Å². The lowest BCUT2D eigenvalue weighted by molar-refractivity contribution is -0.141. The topological polar surface area (TPSA) is 37.3 Å². The Morgan fingerprint density at radius 3 is 2.86 bits per heavy atom. The molecule has 0 bridgehead atoms. The van der Waals surface area contributed by atoms with Crippen molar-refractivity contribution < 1.29 is 9.90 Å². The summed E-state index contributed by atoms with van der Waals surface area (Å²) in [7, 11) is 0. The van der Waals surface area contributed by atoms with E-state index in [0.29, 0.717) is 0 Å². The highest BCUT2D eigenvalue weighted by molar-refractivity contribution is 5.70. The molecule has 0 amide bonds. The zero-order chi connectivity index (χ0) is 10.4. The Labute approximate surface area is 86.0 Å². The number of rotatable bonds is 5. The van der Waals surface area contributed by atoms with Gasteiger partial charge in [0.15, 0.2) is 0 Å². The number of aliphatic carboxylic acids is 1. The van der Waals surface area contributed by atoms with Gasteiger partial charge in [-0.3, -0.25) is 4.79 Å². The van der Waals surface area contributed by atoms with Crippen LogP contribution in [0.3, 0.4) is 0 Å². The molecule has 0 spiro atoms. The van der Waals surface area contributed by atoms with Gasteiger partial charge < -0.3 is 5.11 Å². The van der Waals surface area contributed by atoms with Gasteiger partial charge >= 0.3 is 5.97 Å². The largest absolute Gasteiger partial charge is 0.481 e. The predicted octanol–water partition coefficient (Wildman–Crippen LogP) is 3.38. The van der Waals surface area contributed by atoms with Gasteiger partial charge in [0.25, 0.3) is 0 Å². The molecular formula is C12H20O2. The van der Waals surface area contributed by atoms with Crippen LogP contribution in [-0.4, -0.2) is 11.1 Å². The van der Waals surface area contributed by atoms with E-state index < -0.39 is 5.97 Å². The van der Waals surface area contributed by atoms with Crippen LogP contribution in [0, 0.1) is 5.92 Å². The van der Waals surface area contributed by atoms with Crippen LogP contribution in [0.2, 0.25) is 0 Å². The maximum absolute atomic E-state index is 10.9. The van der Waals surface area contributed by atoms with Gasteiger partial charge in [0, 0.05) is 0 Å². The average Bonchev–Trinajstić information content (AvgIpc) is 2.18. The second-order valence-electron chi connectivity index (χ2n) is 4.14. The molecule has 0 heterocycles. The van der Waals surface area contributed by atoms with Gasteiger partial charge in [0.1, 0.15) is 0 Å². The van der Waals surface area contributed by atoms with Crippen molar-refractivity contribution in [3.8, 4) is 0 Å². The van der Waals surface area contributed by atoms with Crippen molar-refractivity contribution in [1.82, 2.24) is 0 Å². The first kappa shape index (κ1) is 11.3. The molecule has 80 valence electrons. The predicted molar refractivity (Wildman–Crippen MR) is 57.2 cm³/mol. The van der Waals surface area contributed by atoms with Crippen molar-refractivity contribution in [2.45, 2.75) is 51.9 Å². The normalized spacial score (nSPS) is 18.8. The standard InChI is InChI=1S/C12H20O2/c1-2-6-11(12(13)14)9-10-7-4-3-5-8-10/h7,11H,2-6,8-9H2,1H3,(H,13,14). The summed E-state index contributed by atoms with van der Waals surface area (Å²) < 4.78 is 0. The van der Waals surface area contributed by atoms with Crippen molar-refractivity contribution >= 4 is 5.97 Å². The Hall–Kier alpha value is -0.790. The summed E-state index contributed by atoms with van der Waals surface area (Å²) in [6.45, 7) is 2.05. The lowest BCUT2D eigenvalue weighted by Gasteiger charge is -2.16. The van der Waals surface area contributed by atoms with E-state index in [1.165, 1.54) is 18.4 Å². The molecule has 1 aliphatic rings. The van der Waals surface area contributed by atoms with Crippen molar-refractivity contribution in [2.75, 3.05) is 0 Å². The zero-order valence-corrected chi connectivity index (χ0v) is 8.96. The van der Waals surface area contributed by atoms with Crippen molar-refractivity contribution in [3.05, 3.63) is 11.6 Å². The summed E-state index contributed by atoms with van der Waals surface area (Å²) >= 11 is 0. The van der Waals surface area contributed by atoms with Crippen molar-refractivity contribution in [3.63, 3.8) is 0 Å². The van der Waals surface area contributed by atoms with Crippen molar-refractivity contribution in [2.24, 2.45) is 5.92 Å². The Kier molecular flexibility index (Phi) is 4.71. The van der Waals surface area contributed by atoms with Crippen LogP contribution in [0.25, 0.3) is 0 Å². The van der Waals surface area contributed by atoms with Crippen LogP contribution in [-0.2, 0) is 4.79 Å². The van der Waals surface area contributed by atoms with Gasteiger partial charge in [-0.05, 0) is 38.5 Å². The minimum Gasteiger partial charge on any atom is -0.481 e. The monoisotopic (exact) mass is 196 g/mol. The quantitative estimate of drug-likeness (QED) is 0.684. The summed E-state index contributed by atoms with van der Waals surface area (Å²) in [5.41, 5.74) is 1.37. The SMILES string of the molecule is CCCC(CC1=CCCCC1)C(=O)O. The summed E-state index contributed by atoms with van der Waals surface area (Å²) in [6.07, 6.45) is 9.58. The minimum absolute atomic E-state index is 0.149. The van der Waals surface area contributed by atoms with E-state index in [4.69, 9.17) is 5.11 Å². The number of hydrogen-bond donors (Lipinski definition) is 1. The molecular weight excluding hydrogens is 176 g/mol. The highest BCUT2D eigenvalue weighted by Gasteiger charge is 2.18. The molecule has 0 fully saturated rings. The summed E-state index contributed by atoms with van der Waals surface area (Å²) in [5.74, 6) is -0.775. The first-order valence-corrected chi connectivity index (χ1v) is 5.64. The van der Waals surface area contributed by atoms with E-state index in [2.05, 4.69) is 6.08 Å². The molecule has 14 heavy (non-hydrogen) atoms. The molecule has 1 rings (SSSR count). The van der Waals surface area contributed by atoms with Gasteiger partial charge in [0.05, 0.1) is 5.92 Å². The van der Waals surface area contributed by atoms with E-state index in [0.717, 1.165) is 32.1 Å². The third-order valence-corrected chi connectivity index (χ3v) is 2.88. The number of allylic oxidation sites excluding steroid dienone is 2. The van der Waals surface area contributed by atoms with E-state index in [1.54, 1.807) is 0 Å². The molecule has 1 N–H and O–H groups in total. The summed E-state index contributed by atoms with van der Waals surface area (Å²) in [6, 6.07) is 0. The highest BCUT2D eigenvalue weighted by atomic mass is 16.4. The second-order valence-corrected chi connectivity index (χ2v) is 4.14. The number of carboxylic acids is 1. The molecule has 1 aliphatic carbocycles. The molecule has 2 nitrogen and oxygen atoms in total. The van der Waals surface area contributed by atoms with E-state index in [-0.39, 0.29) is 5.92 Å². The number of carbonyl (C=O) groups is 1. The molecule has 0 aromatic rings. The van der Waals surface area contributed by atoms with E-state index in [9.17, 15) is 4.79 Å². The smallest absolute Gasteiger partial charge is 0.306 e. The van der Waals surface area contributed by atoms with Crippen LogP contribution in [0.5, 0.6) is 0 Å². The Morgan fingerprint density at radius 1 is 1.57 bits per heavy atom. The van der Waals surface area contributed by atoms with E-state index in [1.807, 2.05) is 6.92 Å². The first-order valence-electron chi connectivity index (χ1n) is 5.64. The lowest BCUT2D eigenvalue weighted by Crippen LogP contribution is -2.14. The first-order chi connectivity index (χ1) is 6.74. The van der Waals surface area contributed by atoms with Crippen molar-refractivity contribution in [1.29, 1.82) is 0 Å². The van der Waals surface area contributed by atoms with Gasteiger partial charge in [0.2, 0.25) is 0 Å². The number of carboxylic acid groups (broad SMARTS) is 1. The van der Waals surface area contributed by atoms with Gasteiger partial charge in [-0.15, -0.1) is 0 Å². The third kappa shape index (κ3) is 3.52. The summed E-state index contributed by atoms with van der Waals surface area (Å²) in [5, 5.41) is 9.01. The second kappa shape index (κ2) is 5.84. The van der Waals surface area contributed by atoms with Crippen LogP contribution in [0.15, 0.2) is 11.6 Å². The minimum atomic E-state index is -0.627. The Bertz CT molecular complexity index is 218. The van der Waals surface area contributed by atoms with Gasteiger partial charge in [-0.1, -0.05) is 25.0 Å². The van der Waals surface area contributed by atoms with Gasteiger partial charge in [-0.25, -0.2) is 0 Å². The fourth-order valence-electron chi connectivity index (χ4n) is 2.07. The third-order valence-electron chi connectivity index (χ3n) is 2.88.